The van der Waals surface area contributed by atoms with Gasteiger partial charge in [0.05, 0.1) is 7.11 Å². The number of likely N-dealkylation sites (tertiary alicyclic amines) is 1. The number of nitrogens with zero attached hydrogens (tertiary/aromatic N) is 1. The number of methoxy groups -OCH3 is 1. The fraction of sp³-hybridized carbons (Fsp3) is 0.455. The van der Waals surface area contributed by atoms with E-state index in [0.717, 1.165) is 28.7 Å². The molecule has 3 rings (SSSR count). The Labute approximate surface area is 175 Å². The van der Waals surface area contributed by atoms with Gasteiger partial charge in [-0.15, -0.1) is 0 Å². The zero-order valence-corrected chi connectivity index (χ0v) is 18.1. The summed E-state index contributed by atoms with van der Waals surface area (Å²) in [5, 5.41) is 3.59. The lowest BCUT2D eigenvalue weighted by Crippen LogP contribution is -2.37. The highest BCUT2D eigenvalue weighted by atomic mass is 79.9. The van der Waals surface area contributed by atoms with Gasteiger partial charge in [0.2, 0.25) is 0 Å². The first kappa shape index (κ1) is 21.1. The molecule has 0 saturated carbocycles. The molecule has 0 amide bonds. The molecule has 0 bridgehead atoms. The van der Waals surface area contributed by atoms with E-state index in [9.17, 15) is 4.39 Å². The van der Waals surface area contributed by atoms with E-state index in [1.165, 1.54) is 31.5 Å². The molecule has 0 radical (unpaired) electrons. The zero-order valence-electron chi connectivity index (χ0n) is 16.5. The van der Waals surface area contributed by atoms with Crippen LogP contribution in [0.5, 0.6) is 11.5 Å². The Hall–Kier alpha value is -1.63. The minimum absolute atomic E-state index is 0.248. The molecule has 1 saturated heterocycles. The SMILES string of the molecule is CCN1CCCC1CNCc1c(Br)ccc(OC)c1OCc1ccc(F)cc1. The summed E-state index contributed by atoms with van der Waals surface area (Å²) >= 11 is 3.65. The average molecular weight is 451 g/mol. The molecule has 4 nitrogen and oxygen atoms in total. The number of hydrogen-bond donors (Lipinski definition) is 1. The van der Waals surface area contributed by atoms with Crippen LogP contribution in [0.25, 0.3) is 0 Å². The number of ether oxygens (including phenoxy) is 2. The van der Waals surface area contributed by atoms with Crippen molar-refractivity contribution in [3.05, 3.63) is 57.8 Å². The molecule has 1 atom stereocenters. The zero-order chi connectivity index (χ0) is 19.9. The Balaban J connectivity index is 1.69. The van der Waals surface area contributed by atoms with Crippen molar-refractivity contribution in [2.24, 2.45) is 0 Å². The quantitative estimate of drug-likeness (QED) is 0.597. The van der Waals surface area contributed by atoms with Crippen LogP contribution in [0, 0.1) is 5.82 Å². The highest BCUT2D eigenvalue weighted by molar-refractivity contribution is 9.10. The number of nitrogens with one attached hydrogen (secondary N) is 1. The normalized spacial score (nSPS) is 17.1. The van der Waals surface area contributed by atoms with Crippen LogP contribution in [-0.4, -0.2) is 37.7 Å². The van der Waals surface area contributed by atoms with Crippen LogP contribution in [0.3, 0.4) is 0 Å². The summed E-state index contributed by atoms with van der Waals surface area (Å²) in [5.41, 5.74) is 1.94. The molecule has 1 N–H and O–H groups in total. The third-order valence-electron chi connectivity index (χ3n) is 5.27. The number of benzene rings is 2. The molecule has 152 valence electrons. The molecule has 0 aromatic heterocycles. The van der Waals surface area contributed by atoms with E-state index >= 15 is 0 Å². The molecule has 1 unspecified atom stereocenters. The van der Waals surface area contributed by atoms with Crippen molar-refractivity contribution in [1.82, 2.24) is 10.2 Å². The van der Waals surface area contributed by atoms with E-state index in [4.69, 9.17) is 9.47 Å². The van der Waals surface area contributed by atoms with E-state index in [2.05, 4.69) is 33.1 Å². The van der Waals surface area contributed by atoms with Gasteiger partial charge in [-0.3, -0.25) is 4.90 Å². The van der Waals surface area contributed by atoms with Gasteiger partial charge in [-0.1, -0.05) is 35.0 Å². The van der Waals surface area contributed by atoms with Gasteiger partial charge in [-0.05, 0) is 55.8 Å². The van der Waals surface area contributed by atoms with Crippen molar-refractivity contribution in [3.63, 3.8) is 0 Å². The van der Waals surface area contributed by atoms with E-state index in [-0.39, 0.29) is 5.82 Å². The predicted octanol–water partition coefficient (Wildman–Crippen LogP) is 4.75. The fourth-order valence-corrected chi connectivity index (χ4v) is 4.16. The lowest BCUT2D eigenvalue weighted by atomic mass is 10.1. The number of halogens is 2. The van der Waals surface area contributed by atoms with Gasteiger partial charge in [0.1, 0.15) is 12.4 Å². The van der Waals surface area contributed by atoms with Crippen molar-refractivity contribution >= 4 is 15.9 Å². The standard InChI is InChI=1S/C22H28BrFN2O2/c1-3-26-12-4-5-18(26)13-25-14-19-20(23)10-11-21(27-2)22(19)28-15-16-6-8-17(24)9-7-16/h6-11,18,25H,3-5,12-15H2,1-2H3. The Kier molecular flexibility index (Phi) is 7.71. The van der Waals surface area contributed by atoms with E-state index in [1.807, 2.05) is 12.1 Å². The second-order valence-electron chi connectivity index (χ2n) is 7.03. The largest absolute Gasteiger partial charge is 0.493 e. The van der Waals surface area contributed by atoms with Gasteiger partial charge < -0.3 is 14.8 Å². The topological polar surface area (TPSA) is 33.7 Å². The molecule has 2 aromatic carbocycles. The molecule has 6 heteroatoms. The van der Waals surface area contributed by atoms with Gasteiger partial charge in [-0.25, -0.2) is 4.39 Å². The lowest BCUT2D eigenvalue weighted by molar-refractivity contribution is 0.257. The van der Waals surface area contributed by atoms with Crippen LogP contribution >= 0.6 is 15.9 Å². The lowest BCUT2D eigenvalue weighted by Gasteiger charge is -2.23. The van der Waals surface area contributed by atoms with E-state index < -0.39 is 0 Å². The van der Waals surface area contributed by atoms with Crippen LogP contribution in [0.15, 0.2) is 40.9 Å². The molecule has 28 heavy (non-hydrogen) atoms. The molecular formula is C22H28BrFN2O2. The number of rotatable bonds is 9. The van der Waals surface area contributed by atoms with Crippen LogP contribution in [0.4, 0.5) is 4.39 Å². The van der Waals surface area contributed by atoms with Crippen molar-refractivity contribution in [2.45, 2.75) is 39.0 Å². The third kappa shape index (κ3) is 5.25. The van der Waals surface area contributed by atoms with Crippen LogP contribution < -0.4 is 14.8 Å². The minimum atomic E-state index is -0.248. The molecule has 2 aromatic rings. The maximum absolute atomic E-state index is 13.1. The van der Waals surface area contributed by atoms with E-state index in [1.54, 1.807) is 19.2 Å². The Morgan fingerprint density at radius 2 is 2.00 bits per heavy atom. The maximum Gasteiger partial charge on any atom is 0.167 e. The molecule has 1 aliphatic rings. The highest BCUT2D eigenvalue weighted by Gasteiger charge is 2.23. The minimum Gasteiger partial charge on any atom is -0.493 e. The smallest absolute Gasteiger partial charge is 0.167 e. The van der Waals surface area contributed by atoms with Crippen molar-refractivity contribution in [3.8, 4) is 11.5 Å². The number of hydrogen-bond acceptors (Lipinski definition) is 4. The summed E-state index contributed by atoms with van der Waals surface area (Å²) in [6.45, 7) is 6.50. The molecule has 0 spiro atoms. The van der Waals surface area contributed by atoms with Crippen molar-refractivity contribution < 1.29 is 13.9 Å². The average Bonchev–Trinajstić information content (AvgIpc) is 3.16. The third-order valence-corrected chi connectivity index (χ3v) is 6.01. The van der Waals surface area contributed by atoms with Gasteiger partial charge in [0.25, 0.3) is 0 Å². The van der Waals surface area contributed by atoms with E-state index in [0.29, 0.717) is 30.7 Å². The molecule has 1 fully saturated rings. The van der Waals surface area contributed by atoms with Gasteiger partial charge in [0.15, 0.2) is 11.5 Å². The summed E-state index contributed by atoms with van der Waals surface area (Å²) in [6, 6.07) is 10.8. The Morgan fingerprint density at radius 1 is 1.21 bits per heavy atom. The van der Waals surface area contributed by atoms with Crippen LogP contribution in [0.1, 0.15) is 30.9 Å². The second-order valence-corrected chi connectivity index (χ2v) is 7.88. The first-order valence-corrected chi connectivity index (χ1v) is 10.6. The Morgan fingerprint density at radius 3 is 2.71 bits per heavy atom. The molecule has 0 aliphatic carbocycles. The van der Waals surface area contributed by atoms with Gasteiger partial charge >= 0.3 is 0 Å². The molecular weight excluding hydrogens is 423 g/mol. The summed E-state index contributed by atoms with van der Waals surface area (Å²) in [6.07, 6.45) is 2.52. The Bertz CT molecular complexity index is 770. The summed E-state index contributed by atoms with van der Waals surface area (Å²) < 4.78 is 25.7. The fourth-order valence-electron chi connectivity index (χ4n) is 3.71. The summed E-state index contributed by atoms with van der Waals surface area (Å²) in [7, 11) is 1.64. The number of likely N-dealkylation sites (N-methyl/N-ethyl adjacent to an activating group) is 1. The second kappa shape index (κ2) is 10.2. The first-order valence-electron chi connectivity index (χ1n) is 9.79. The summed E-state index contributed by atoms with van der Waals surface area (Å²) in [5.74, 6) is 1.16. The molecule has 1 aliphatic heterocycles. The maximum atomic E-state index is 13.1. The van der Waals surface area contributed by atoms with Crippen LogP contribution in [0.2, 0.25) is 0 Å². The summed E-state index contributed by atoms with van der Waals surface area (Å²) in [4.78, 5) is 2.53. The monoisotopic (exact) mass is 450 g/mol. The van der Waals surface area contributed by atoms with Crippen LogP contribution in [-0.2, 0) is 13.2 Å². The van der Waals surface area contributed by atoms with Gasteiger partial charge in [-0.2, -0.15) is 0 Å². The highest BCUT2D eigenvalue weighted by Crippen LogP contribution is 2.37. The van der Waals surface area contributed by atoms with Gasteiger partial charge in [0, 0.05) is 29.2 Å². The van der Waals surface area contributed by atoms with Crippen molar-refractivity contribution in [2.75, 3.05) is 26.7 Å². The predicted molar refractivity (Wildman–Crippen MR) is 113 cm³/mol. The van der Waals surface area contributed by atoms with Crippen molar-refractivity contribution in [1.29, 1.82) is 0 Å². The first-order chi connectivity index (χ1) is 13.6. The molecule has 1 heterocycles.